The highest BCUT2D eigenvalue weighted by Gasteiger charge is 2.37. The Labute approximate surface area is 101 Å². The molecule has 94 valence electrons. The molecule has 1 unspecified atom stereocenters. The van der Waals surface area contributed by atoms with Crippen molar-refractivity contribution in [3.05, 3.63) is 0 Å². The van der Waals surface area contributed by atoms with Gasteiger partial charge < -0.3 is 5.32 Å². The molecule has 2 rings (SSSR count). The van der Waals surface area contributed by atoms with Crippen LogP contribution < -0.4 is 5.32 Å². The molecule has 2 aliphatic rings. The minimum Gasteiger partial charge on any atom is -0.309 e. The lowest BCUT2D eigenvalue weighted by atomic mass is 9.93. The summed E-state index contributed by atoms with van der Waals surface area (Å²) in [7, 11) is 0. The van der Waals surface area contributed by atoms with Crippen molar-refractivity contribution in [1.29, 1.82) is 0 Å². The molecule has 2 fully saturated rings. The van der Waals surface area contributed by atoms with Crippen molar-refractivity contribution in [2.24, 2.45) is 5.92 Å². The number of rotatable bonds is 4. The van der Waals surface area contributed by atoms with E-state index in [-0.39, 0.29) is 0 Å². The first-order valence-corrected chi connectivity index (χ1v) is 7.21. The standard InChI is InChI=1S/C14H28N2/c1-3-6-13(2)11-16-10-9-15-14(12-16)7-4-5-8-14/h13,15H,3-12H2,1-2H3. The second-order valence-corrected chi connectivity index (χ2v) is 6.04. The summed E-state index contributed by atoms with van der Waals surface area (Å²) < 4.78 is 0. The maximum atomic E-state index is 3.79. The molecule has 1 atom stereocenters. The molecule has 0 aromatic heterocycles. The smallest absolute Gasteiger partial charge is 0.0309 e. The molecule has 2 nitrogen and oxygen atoms in total. The summed E-state index contributed by atoms with van der Waals surface area (Å²) in [5.41, 5.74) is 0.504. The summed E-state index contributed by atoms with van der Waals surface area (Å²) in [5, 5.41) is 3.79. The first-order valence-electron chi connectivity index (χ1n) is 7.21. The van der Waals surface area contributed by atoms with Crippen molar-refractivity contribution in [2.45, 2.75) is 57.9 Å². The van der Waals surface area contributed by atoms with Gasteiger partial charge in [-0.1, -0.05) is 33.1 Å². The van der Waals surface area contributed by atoms with Crippen LogP contribution in [0.4, 0.5) is 0 Å². The molecule has 1 aliphatic carbocycles. The minimum absolute atomic E-state index is 0.504. The van der Waals surface area contributed by atoms with Crippen LogP contribution in [0.1, 0.15) is 52.4 Å². The second-order valence-electron chi connectivity index (χ2n) is 6.04. The highest BCUT2D eigenvalue weighted by Crippen LogP contribution is 2.32. The van der Waals surface area contributed by atoms with Crippen LogP contribution in [0.2, 0.25) is 0 Å². The molecule has 0 amide bonds. The summed E-state index contributed by atoms with van der Waals surface area (Å²) in [5.74, 6) is 0.876. The van der Waals surface area contributed by atoms with Gasteiger partial charge in [-0.05, 0) is 25.2 Å². The van der Waals surface area contributed by atoms with E-state index in [1.165, 1.54) is 64.7 Å². The number of nitrogens with zero attached hydrogens (tertiary/aromatic N) is 1. The van der Waals surface area contributed by atoms with E-state index < -0.39 is 0 Å². The zero-order valence-electron chi connectivity index (χ0n) is 11.1. The van der Waals surface area contributed by atoms with Gasteiger partial charge in [0.15, 0.2) is 0 Å². The zero-order chi connectivity index (χ0) is 11.4. The lowest BCUT2D eigenvalue weighted by Crippen LogP contribution is -2.59. The Balaban J connectivity index is 1.82. The molecule has 1 heterocycles. The normalized spacial score (nSPS) is 27.4. The van der Waals surface area contributed by atoms with Gasteiger partial charge in [0.25, 0.3) is 0 Å². The molecular formula is C14H28N2. The molecule has 1 N–H and O–H groups in total. The van der Waals surface area contributed by atoms with Gasteiger partial charge in [0.05, 0.1) is 0 Å². The second kappa shape index (κ2) is 5.50. The quantitative estimate of drug-likeness (QED) is 0.790. The molecule has 1 saturated carbocycles. The predicted octanol–water partition coefficient (Wildman–Crippen LogP) is 2.64. The highest BCUT2D eigenvalue weighted by molar-refractivity contribution is 4.98. The number of hydrogen-bond donors (Lipinski definition) is 1. The molecule has 0 aromatic carbocycles. The Morgan fingerprint density at radius 3 is 2.75 bits per heavy atom. The fourth-order valence-corrected chi connectivity index (χ4v) is 3.61. The van der Waals surface area contributed by atoms with Crippen LogP contribution in [0.5, 0.6) is 0 Å². The predicted molar refractivity (Wildman–Crippen MR) is 69.7 cm³/mol. The van der Waals surface area contributed by atoms with E-state index in [1.54, 1.807) is 0 Å². The number of piperazine rings is 1. The minimum atomic E-state index is 0.504. The zero-order valence-corrected chi connectivity index (χ0v) is 11.1. The van der Waals surface area contributed by atoms with Crippen LogP contribution in [0, 0.1) is 5.92 Å². The molecule has 0 bridgehead atoms. The van der Waals surface area contributed by atoms with E-state index >= 15 is 0 Å². The van der Waals surface area contributed by atoms with E-state index in [1.807, 2.05) is 0 Å². The summed E-state index contributed by atoms with van der Waals surface area (Å²) in [6, 6.07) is 0. The van der Waals surface area contributed by atoms with Crippen molar-refractivity contribution >= 4 is 0 Å². The Hall–Kier alpha value is -0.0800. The van der Waals surface area contributed by atoms with Gasteiger partial charge in [0.1, 0.15) is 0 Å². The SMILES string of the molecule is CCCC(C)CN1CCNC2(CCCC2)C1. The van der Waals surface area contributed by atoms with Gasteiger partial charge in [0.2, 0.25) is 0 Å². The lowest BCUT2D eigenvalue weighted by Gasteiger charge is -2.42. The van der Waals surface area contributed by atoms with Crippen LogP contribution in [-0.2, 0) is 0 Å². The largest absolute Gasteiger partial charge is 0.309 e. The Kier molecular flexibility index (Phi) is 4.26. The van der Waals surface area contributed by atoms with E-state index in [4.69, 9.17) is 0 Å². The van der Waals surface area contributed by atoms with Crippen molar-refractivity contribution in [1.82, 2.24) is 10.2 Å². The average molecular weight is 224 g/mol. The fourth-order valence-electron chi connectivity index (χ4n) is 3.61. The topological polar surface area (TPSA) is 15.3 Å². The van der Waals surface area contributed by atoms with E-state index in [0.717, 1.165) is 5.92 Å². The third-order valence-electron chi connectivity index (χ3n) is 4.37. The van der Waals surface area contributed by atoms with Crippen molar-refractivity contribution in [2.75, 3.05) is 26.2 Å². The van der Waals surface area contributed by atoms with Crippen LogP contribution in [-0.4, -0.2) is 36.6 Å². The third-order valence-corrected chi connectivity index (χ3v) is 4.37. The molecule has 1 aliphatic heterocycles. The van der Waals surface area contributed by atoms with Crippen LogP contribution in [0.15, 0.2) is 0 Å². The van der Waals surface area contributed by atoms with Gasteiger partial charge in [-0.2, -0.15) is 0 Å². The molecule has 0 radical (unpaired) electrons. The van der Waals surface area contributed by atoms with Crippen molar-refractivity contribution in [3.63, 3.8) is 0 Å². The third kappa shape index (κ3) is 2.98. The van der Waals surface area contributed by atoms with Crippen molar-refractivity contribution < 1.29 is 0 Å². The Bertz CT molecular complexity index is 209. The van der Waals surface area contributed by atoms with Crippen LogP contribution >= 0.6 is 0 Å². The molecule has 2 heteroatoms. The first kappa shape index (κ1) is 12.4. The summed E-state index contributed by atoms with van der Waals surface area (Å²) in [6.07, 6.45) is 8.41. The van der Waals surface area contributed by atoms with E-state index in [2.05, 4.69) is 24.1 Å². The Morgan fingerprint density at radius 1 is 1.31 bits per heavy atom. The molecular weight excluding hydrogens is 196 g/mol. The van der Waals surface area contributed by atoms with Gasteiger partial charge in [-0.3, -0.25) is 4.90 Å². The van der Waals surface area contributed by atoms with Gasteiger partial charge in [-0.25, -0.2) is 0 Å². The lowest BCUT2D eigenvalue weighted by molar-refractivity contribution is 0.119. The highest BCUT2D eigenvalue weighted by atomic mass is 15.2. The molecule has 1 saturated heterocycles. The maximum absolute atomic E-state index is 3.79. The molecule has 16 heavy (non-hydrogen) atoms. The maximum Gasteiger partial charge on any atom is 0.0309 e. The van der Waals surface area contributed by atoms with Gasteiger partial charge in [-0.15, -0.1) is 0 Å². The number of hydrogen-bond acceptors (Lipinski definition) is 2. The molecule has 0 aromatic rings. The summed E-state index contributed by atoms with van der Waals surface area (Å²) in [6.45, 7) is 9.80. The first-order chi connectivity index (χ1) is 7.74. The van der Waals surface area contributed by atoms with E-state index in [0.29, 0.717) is 5.54 Å². The van der Waals surface area contributed by atoms with Crippen molar-refractivity contribution in [3.8, 4) is 0 Å². The Morgan fingerprint density at radius 2 is 2.06 bits per heavy atom. The monoisotopic (exact) mass is 224 g/mol. The van der Waals surface area contributed by atoms with Crippen LogP contribution in [0.25, 0.3) is 0 Å². The summed E-state index contributed by atoms with van der Waals surface area (Å²) >= 11 is 0. The summed E-state index contributed by atoms with van der Waals surface area (Å²) in [4.78, 5) is 2.71. The molecule has 1 spiro atoms. The van der Waals surface area contributed by atoms with Gasteiger partial charge in [0, 0.05) is 31.7 Å². The van der Waals surface area contributed by atoms with Gasteiger partial charge >= 0.3 is 0 Å². The van der Waals surface area contributed by atoms with E-state index in [9.17, 15) is 0 Å². The fraction of sp³-hybridized carbons (Fsp3) is 1.00. The average Bonchev–Trinajstić information content (AvgIpc) is 2.66. The number of nitrogens with one attached hydrogen (secondary N) is 1. The van der Waals surface area contributed by atoms with Crippen LogP contribution in [0.3, 0.4) is 0 Å².